The molecule has 386 valence electrons. The Bertz CT molecular complexity index is 1560. The lowest BCUT2D eigenvalue weighted by molar-refractivity contribution is -0.167. The van der Waals surface area contributed by atoms with Gasteiger partial charge in [0.1, 0.15) is 13.2 Å². The lowest BCUT2D eigenvalue weighted by Gasteiger charge is -2.18. The molecular formula is C63H98O6. The molecule has 0 saturated carbocycles. The van der Waals surface area contributed by atoms with Gasteiger partial charge >= 0.3 is 17.9 Å². The van der Waals surface area contributed by atoms with Gasteiger partial charge in [0.05, 0.1) is 0 Å². The van der Waals surface area contributed by atoms with Gasteiger partial charge in [-0.05, 0) is 141 Å². The van der Waals surface area contributed by atoms with Gasteiger partial charge in [0.15, 0.2) is 6.10 Å². The molecule has 0 aliphatic carbocycles. The molecule has 6 nitrogen and oxygen atoms in total. The van der Waals surface area contributed by atoms with Crippen molar-refractivity contribution in [2.45, 2.75) is 219 Å². The van der Waals surface area contributed by atoms with Gasteiger partial charge in [-0.15, -0.1) is 0 Å². The highest BCUT2D eigenvalue weighted by atomic mass is 16.6. The molecule has 0 aromatic carbocycles. The van der Waals surface area contributed by atoms with Crippen LogP contribution in [0.15, 0.2) is 146 Å². The van der Waals surface area contributed by atoms with Gasteiger partial charge in [-0.25, -0.2) is 0 Å². The Morgan fingerprint density at radius 3 is 0.913 bits per heavy atom. The second-order valence-electron chi connectivity index (χ2n) is 17.4. The zero-order valence-electron chi connectivity index (χ0n) is 44.0. The summed E-state index contributed by atoms with van der Waals surface area (Å²) in [7, 11) is 0. The third-order valence-electron chi connectivity index (χ3n) is 10.8. The van der Waals surface area contributed by atoms with Crippen LogP contribution < -0.4 is 0 Å². The average molecular weight is 951 g/mol. The van der Waals surface area contributed by atoms with E-state index in [4.69, 9.17) is 14.2 Å². The number of hydrogen-bond acceptors (Lipinski definition) is 6. The van der Waals surface area contributed by atoms with Gasteiger partial charge in [-0.1, -0.05) is 199 Å². The summed E-state index contributed by atoms with van der Waals surface area (Å²) < 4.78 is 16.8. The summed E-state index contributed by atoms with van der Waals surface area (Å²) in [6.07, 6.45) is 79.7. The van der Waals surface area contributed by atoms with E-state index in [-0.39, 0.29) is 37.5 Å². The lowest BCUT2D eigenvalue weighted by atomic mass is 10.1. The predicted molar refractivity (Wildman–Crippen MR) is 297 cm³/mol. The quantitative estimate of drug-likeness (QED) is 0.0262. The summed E-state index contributed by atoms with van der Waals surface area (Å²) in [5.41, 5.74) is 0. The van der Waals surface area contributed by atoms with Crippen LogP contribution in [0, 0.1) is 0 Å². The number of unbranched alkanes of at least 4 members (excludes halogenated alkanes) is 12. The number of ether oxygens (including phenoxy) is 3. The van der Waals surface area contributed by atoms with Crippen molar-refractivity contribution in [3.8, 4) is 0 Å². The van der Waals surface area contributed by atoms with E-state index in [1.165, 1.54) is 25.7 Å². The number of carbonyl (C=O) groups is 3. The molecule has 69 heavy (non-hydrogen) atoms. The van der Waals surface area contributed by atoms with Crippen molar-refractivity contribution in [2.24, 2.45) is 0 Å². The van der Waals surface area contributed by atoms with E-state index in [0.29, 0.717) is 19.3 Å². The van der Waals surface area contributed by atoms with Gasteiger partial charge < -0.3 is 14.2 Å². The minimum absolute atomic E-state index is 0.124. The Morgan fingerprint density at radius 1 is 0.304 bits per heavy atom. The zero-order valence-corrected chi connectivity index (χ0v) is 44.0. The maximum Gasteiger partial charge on any atom is 0.306 e. The first-order valence-corrected chi connectivity index (χ1v) is 27.3. The van der Waals surface area contributed by atoms with Crippen LogP contribution in [0.1, 0.15) is 213 Å². The topological polar surface area (TPSA) is 78.9 Å². The fraction of sp³-hybridized carbons (Fsp3) is 0.571. The number of carbonyl (C=O) groups excluding carboxylic acids is 3. The molecule has 0 aliphatic heterocycles. The van der Waals surface area contributed by atoms with E-state index in [0.717, 1.165) is 141 Å². The largest absolute Gasteiger partial charge is 0.462 e. The lowest BCUT2D eigenvalue weighted by Crippen LogP contribution is -2.30. The van der Waals surface area contributed by atoms with Crippen LogP contribution in [-0.2, 0) is 28.6 Å². The number of hydrogen-bond donors (Lipinski definition) is 0. The average Bonchev–Trinajstić information content (AvgIpc) is 3.35. The molecule has 0 aromatic heterocycles. The molecular weight excluding hydrogens is 853 g/mol. The first-order valence-electron chi connectivity index (χ1n) is 27.3. The molecule has 0 saturated heterocycles. The number of esters is 3. The monoisotopic (exact) mass is 951 g/mol. The molecule has 0 unspecified atom stereocenters. The molecule has 6 heteroatoms. The second kappa shape index (κ2) is 55.9. The van der Waals surface area contributed by atoms with Gasteiger partial charge in [-0.3, -0.25) is 14.4 Å². The standard InChI is InChI=1S/C63H98O6/c1-4-7-10-13-16-19-22-25-28-30-31-33-35-38-41-44-47-50-53-56-62(65)68-59-60(58-67-61(64)55-52-49-46-43-40-37-34-27-24-21-18-15-12-9-6-3)69-63(66)57-54-51-48-45-42-39-36-32-29-26-23-20-17-14-11-8-5-2/h7-8,10-11,16-21,25-29,31,33-34,36,38-41,43,60H,4-6,9,12-15,22-24,30,32,35,37,42,44-59H2,1-3H3/b10-7-,11-8-,19-16-,20-17-,21-18-,28-25-,29-26-,33-31-,34-27-,39-36-,41-38-,43-40-/t60-/m0/s1. The Balaban J connectivity index is 4.58. The normalized spacial score (nSPS) is 13.3. The predicted octanol–water partition coefficient (Wildman–Crippen LogP) is 18.4. The first kappa shape index (κ1) is 64.3. The molecule has 1 atom stereocenters. The molecule has 0 N–H and O–H groups in total. The Hall–Kier alpha value is -4.71. The van der Waals surface area contributed by atoms with Gasteiger partial charge in [0.2, 0.25) is 0 Å². The summed E-state index contributed by atoms with van der Waals surface area (Å²) in [5.74, 6) is -1.02. The van der Waals surface area contributed by atoms with Gasteiger partial charge in [0, 0.05) is 19.3 Å². The van der Waals surface area contributed by atoms with Crippen LogP contribution in [0.2, 0.25) is 0 Å². The Morgan fingerprint density at radius 2 is 0.565 bits per heavy atom. The van der Waals surface area contributed by atoms with Crippen LogP contribution in [0.5, 0.6) is 0 Å². The molecule has 0 bridgehead atoms. The van der Waals surface area contributed by atoms with Crippen LogP contribution in [0.25, 0.3) is 0 Å². The molecule has 0 radical (unpaired) electrons. The molecule has 0 heterocycles. The summed E-state index contributed by atoms with van der Waals surface area (Å²) in [6, 6.07) is 0. The van der Waals surface area contributed by atoms with Crippen LogP contribution in [0.4, 0.5) is 0 Å². The van der Waals surface area contributed by atoms with E-state index in [9.17, 15) is 14.4 Å². The summed E-state index contributed by atoms with van der Waals surface area (Å²) in [4.78, 5) is 38.1. The van der Waals surface area contributed by atoms with Crippen molar-refractivity contribution in [2.75, 3.05) is 13.2 Å². The van der Waals surface area contributed by atoms with E-state index in [2.05, 4.69) is 167 Å². The molecule has 0 aliphatic rings. The highest BCUT2D eigenvalue weighted by molar-refractivity contribution is 5.71. The fourth-order valence-electron chi connectivity index (χ4n) is 6.76. The van der Waals surface area contributed by atoms with Crippen molar-refractivity contribution < 1.29 is 28.6 Å². The Labute approximate surface area is 423 Å². The summed E-state index contributed by atoms with van der Waals surface area (Å²) in [5, 5.41) is 0. The number of rotatable bonds is 47. The smallest absolute Gasteiger partial charge is 0.306 e. The number of allylic oxidation sites excluding steroid dienone is 24. The van der Waals surface area contributed by atoms with Crippen molar-refractivity contribution in [1.29, 1.82) is 0 Å². The van der Waals surface area contributed by atoms with E-state index < -0.39 is 6.10 Å². The SMILES string of the molecule is CC/C=C\C/C=C\C/C=C\C/C=C\C/C=C\CCCCCC(=O)OC[C@H](COC(=O)CCCC/C=C\C/C=C\C/C=C\CCCCC)OC(=O)CCCCCC/C=C\C/C=C\C/C=C\C/C=C\CC. The van der Waals surface area contributed by atoms with Crippen molar-refractivity contribution >= 4 is 17.9 Å². The van der Waals surface area contributed by atoms with Gasteiger partial charge in [-0.2, -0.15) is 0 Å². The van der Waals surface area contributed by atoms with Crippen molar-refractivity contribution in [1.82, 2.24) is 0 Å². The Kier molecular flexibility index (Phi) is 52.1. The highest BCUT2D eigenvalue weighted by Gasteiger charge is 2.19. The molecule has 0 aromatic rings. The molecule has 0 rings (SSSR count). The highest BCUT2D eigenvalue weighted by Crippen LogP contribution is 2.11. The summed E-state index contributed by atoms with van der Waals surface area (Å²) in [6.45, 7) is 6.28. The third-order valence-corrected chi connectivity index (χ3v) is 10.8. The second-order valence-corrected chi connectivity index (χ2v) is 17.4. The van der Waals surface area contributed by atoms with Crippen molar-refractivity contribution in [3.05, 3.63) is 146 Å². The summed E-state index contributed by atoms with van der Waals surface area (Å²) >= 11 is 0. The zero-order chi connectivity index (χ0) is 50.0. The van der Waals surface area contributed by atoms with E-state index in [1.54, 1.807) is 0 Å². The van der Waals surface area contributed by atoms with E-state index >= 15 is 0 Å². The van der Waals surface area contributed by atoms with E-state index in [1.807, 2.05) is 0 Å². The third kappa shape index (κ3) is 54.1. The molecule has 0 spiro atoms. The maximum atomic E-state index is 12.8. The minimum Gasteiger partial charge on any atom is -0.462 e. The van der Waals surface area contributed by atoms with Crippen LogP contribution in [-0.4, -0.2) is 37.2 Å². The molecule has 0 amide bonds. The first-order chi connectivity index (χ1) is 34.0. The minimum atomic E-state index is -0.827. The van der Waals surface area contributed by atoms with Crippen LogP contribution in [0.3, 0.4) is 0 Å². The van der Waals surface area contributed by atoms with Crippen molar-refractivity contribution in [3.63, 3.8) is 0 Å². The van der Waals surface area contributed by atoms with Crippen LogP contribution >= 0.6 is 0 Å². The maximum absolute atomic E-state index is 12.8. The fourth-order valence-corrected chi connectivity index (χ4v) is 6.76. The molecule has 0 fully saturated rings. The van der Waals surface area contributed by atoms with Gasteiger partial charge in [0.25, 0.3) is 0 Å².